The minimum absolute atomic E-state index is 0. The summed E-state index contributed by atoms with van der Waals surface area (Å²) in [5.41, 5.74) is 18.7. The van der Waals surface area contributed by atoms with E-state index in [4.69, 9.17) is 39.5 Å². The number of nitrogens with two attached hydrogens (primary N) is 2. The number of aliphatic imine (C=N–C) groups is 2. The van der Waals surface area contributed by atoms with Crippen molar-refractivity contribution in [3.63, 3.8) is 0 Å². The predicted octanol–water partition coefficient (Wildman–Crippen LogP) is 8.40. The average molecular weight is 987 g/mol. The largest absolute Gasteiger partial charge is 0.497 e. The molecule has 2 atom stereocenters. The minimum Gasteiger partial charge on any atom is -0.497 e. The molecule has 0 aromatic heterocycles. The van der Waals surface area contributed by atoms with E-state index in [0.29, 0.717) is 37.6 Å². The van der Waals surface area contributed by atoms with E-state index in [-0.39, 0.29) is 27.5 Å². The van der Waals surface area contributed by atoms with Gasteiger partial charge in [-0.2, -0.15) is 16.8 Å². The highest BCUT2D eigenvalue weighted by molar-refractivity contribution is 7.86. The van der Waals surface area contributed by atoms with E-state index in [1.807, 2.05) is 88.4 Å². The number of nitrogens with zero attached hydrogens (tertiary/aromatic N) is 2. The average Bonchev–Trinajstić information content (AvgIpc) is 3.28. The highest BCUT2D eigenvalue weighted by atomic mass is 32.2. The highest BCUT2D eigenvalue weighted by Crippen LogP contribution is 2.21. The second kappa shape index (κ2) is 29.2. The van der Waals surface area contributed by atoms with Gasteiger partial charge in [0.2, 0.25) is 0 Å². The fourth-order valence-corrected chi connectivity index (χ4v) is 6.93. The van der Waals surface area contributed by atoms with Crippen LogP contribution in [0.4, 0.5) is 0 Å². The molecule has 6 aromatic carbocycles. The van der Waals surface area contributed by atoms with E-state index in [1.54, 1.807) is 38.5 Å². The number of hydrogen-bond donors (Lipinski definition) is 4. The lowest BCUT2D eigenvalue weighted by Gasteiger charge is -2.13. The van der Waals surface area contributed by atoms with Crippen LogP contribution in [0.3, 0.4) is 0 Å². The van der Waals surface area contributed by atoms with Crippen molar-refractivity contribution in [3.05, 3.63) is 179 Å². The maximum absolute atomic E-state index is 10.5. The molecule has 17 heteroatoms. The molecule has 0 aliphatic heterocycles. The van der Waals surface area contributed by atoms with Crippen molar-refractivity contribution in [1.29, 1.82) is 0 Å². The fourth-order valence-electron chi connectivity index (χ4n) is 5.97. The van der Waals surface area contributed by atoms with Gasteiger partial charge in [0.1, 0.15) is 35.2 Å². The first kappa shape index (κ1) is 58.4. The Bertz CT molecular complexity index is 2580. The van der Waals surface area contributed by atoms with E-state index in [0.717, 1.165) is 34.1 Å². The second-order valence-electron chi connectivity index (χ2n) is 15.8. The molecule has 0 radical (unpaired) electrons. The number of methoxy groups -OCH3 is 2. The number of hydrogen-bond acceptors (Lipinski definition) is 10. The summed E-state index contributed by atoms with van der Waals surface area (Å²) in [5.74, 6) is 4.33. The van der Waals surface area contributed by atoms with E-state index >= 15 is 0 Å². The van der Waals surface area contributed by atoms with Crippen LogP contribution < -0.4 is 30.4 Å². The lowest BCUT2D eigenvalue weighted by molar-refractivity contribution is 0.229. The van der Waals surface area contributed by atoms with Crippen LogP contribution in [0.15, 0.2) is 165 Å². The number of amidine groups is 2. The van der Waals surface area contributed by atoms with Crippen molar-refractivity contribution in [2.45, 2.75) is 76.4 Å². The van der Waals surface area contributed by atoms with E-state index in [9.17, 15) is 16.8 Å². The molecule has 2 unspecified atom stereocenters. The van der Waals surface area contributed by atoms with Crippen LogP contribution in [-0.4, -0.2) is 82.6 Å². The Morgan fingerprint density at radius 3 is 1.12 bits per heavy atom. The van der Waals surface area contributed by atoms with Gasteiger partial charge in [0, 0.05) is 25.0 Å². The third-order valence-electron chi connectivity index (χ3n) is 9.43. The molecule has 0 fully saturated rings. The van der Waals surface area contributed by atoms with Gasteiger partial charge in [-0.1, -0.05) is 107 Å². The van der Waals surface area contributed by atoms with Crippen molar-refractivity contribution in [3.8, 4) is 23.0 Å². The molecule has 15 nitrogen and oxygen atoms in total. The zero-order valence-electron chi connectivity index (χ0n) is 40.4. The first-order valence-corrected chi connectivity index (χ1v) is 24.4. The lowest BCUT2D eigenvalue weighted by atomic mass is 10.1. The van der Waals surface area contributed by atoms with Gasteiger partial charge >= 0.3 is 0 Å². The van der Waals surface area contributed by atoms with Crippen LogP contribution in [0.2, 0.25) is 0 Å². The zero-order valence-corrected chi connectivity index (χ0v) is 42.0. The summed E-state index contributed by atoms with van der Waals surface area (Å²) < 4.78 is 81.1. The second-order valence-corrected chi connectivity index (χ2v) is 18.6. The van der Waals surface area contributed by atoms with Crippen LogP contribution in [0.1, 0.15) is 47.2 Å². The monoisotopic (exact) mass is 986 g/mol. The van der Waals surface area contributed by atoms with Crippen LogP contribution >= 0.6 is 0 Å². The Morgan fingerprint density at radius 1 is 0.493 bits per heavy atom. The van der Waals surface area contributed by atoms with Gasteiger partial charge in [-0.3, -0.25) is 19.1 Å². The first-order valence-electron chi connectivity index (χ1n) is 21.5. The van der Waals surface area contributed by atoms with Crippen LogP contribution in [0, 0.1) is 27.7 Å². The summed E-state index contributed by atoms with van der Waals surface area (Å²) >= 11 is 0. The van der Waals surface area contributed by atoms with E-state index < -0.39 is 20.2 Å². The molecular formula is C52H66N4O11S2. The fraction of sp³-hybridized carbons (Fsp3) is 0.269. The molecule has 372 valence electrons. The smallest absolute Gasteiger partial charge is 0.294 e. The van der Waals surface area contributed by atoms with Gasteiger partial charge in [-0.05, 0) is 101 Å². The standard InChI is InChI=1S/2C19H24N2O2.2C7H8O3S.H2O/c2*1-14-6-4-7-16(10-14)11-19(20)21-13-15(2)23-18-9-5-8-17(12-18)22-3;2*1-6-2-4-7(5-3-6)11(8,9)10;/h2*4-10,12,15H,11,13H2,1-3H3,(H2,20,21);2*2-5H,1H3,(H,8,9,10);1H2. The van der Waals surface area contributed by atoms with Crippen molar-refractivity contribution < 1.29 is 50.4 Å². The Balaban J connectivity index is 0.000000332. The number of aryl methyl sites for hydroxylation is 4. The SMILES string of the molecule is COc1cccc(OC(C)CN=C(N)Cc2cccc(C)c2)c1.COc1cccc(OC(C)CN=C(N)Cc2cccc(C)c2)c1.Cc1ccc(S(=O)(=O)O)cc1.Cc1ccc(S(=O)(=O)O)cc1.O. The topological polar surface area (TPSA) is 254 Å². The van der Waals surface area contributed by atoms with Crippen molar-refractivity contribution in [2.24, 2.45) is 21.5 Å². The number of rotatable bonds is 16. The number of ether oxygens (including phenoxy) is 4. The van der Waals surface area contributed by atoms with Gasteiger partial charge < -0.3 is 35.9 Å². The van der Waals surface area contributed by atoms with E-state index in [2.05, 4.69) is 60.2 Å². The quantitative estimate of drug-likeness (QED) is 0.0405. The van der Waals surface area contributed by atoms with Crippen LogP contribution in [-0.2, 0) is 33.1 Å². The number of benzene rings is 6. The Kier molecular flexibility index (Phi) is 24.7. The molecule has 0 spiro atoms. The summed E-state index contributed by atoms with van der Waals surface area (Å²) in [6.07, 6.45) is 1.21. The van der Waals surface area contributed by atoms with Gasteiger partial charge in [0.05, 0.1) is 48.8 Å². The maximum atomic E-state index is 10.5. The Hall–Kier alpha value is -6.76. The van der Waals surface area contributed by atoms with Crippen molar-refractivity contribution >= 4 is 31.9 Å². The maximum Gasteiger partial charge on any atom is 0.294 e. The van der Waals surface area contributed by atoms with Crippen molar-refractivity contribution in [2.75, 3.05) is 27.3 Å². The summed E-state index contributed by atoms with van der Waals surface area (Å²) in [6.45, 7) is 12.8. The third-order valence-corrected chi connectivity index (χ3v) is 11.2. The van der Waals surface area contributed by atoms with Gasteiger partial charge in [-0.25, -0.2) is 0 Å². The van der Waals surface area contributed by atoms with Gasteiger partial charge in [-0.15, -0.1) is 0 Å². The molecule has 6 rings (SSSR count). The molecular weight excluding hydrogens is 921 g/mol. The van der Waals surface area contributed by atoms with Crippen LogP contribution in [0.5, 0.6) is 23.0 Å². The summed E-state index contributed by atoms with van der Waals surface area (Å²) in [5, 5.41) is 0. The molecule has 0 amide bonds. The molecule has 8 N–H and O–H groups in total. The minimum atomic E-state index is -4.02. The van der Waals surface area contributed by atoms with Crippen LogP contribution in [0.25, 0.3) is 0 Å². The van der Waals surface area contributed by atoms with Crippen molar-refractivity contribution in [1.82, 2.24) is 0 Å². The molecule has 0 saturated carbocycles. The highest BCUT2D eigenvalue weighted by Gasteiger charge is 2.09. The molecule has 0 aliphatic rings. The van der Waals surface area contributed by atoms with E-state index in [1.165, 1.54) is 46.5 Å². The summed E-state index contributed by atoms with van der Waals surface area (Å²) in [4.78, 5) is 8.72. The summed E-state index contributed by atoms with van der Waals surface area (Å²) in [7, 11) is -4.76. The first-order chi connectivity index (χ1) is 32.1. The molecule has 0 saturated heterocycles. The predicted molar refractivity (Wildman–Crippen MR) is 275 cm³/mol. The summed E-state index contributed by atoms with van der Waals surface area (Å²) in [6, 6.07) is 43.6. The zero-order chi connectivity index (χ0) is 50.3. The molecule has 0 heterocycles. The lowest BCUT2D eigenvalue weighted by Crippen LogP contribution is -2.21. The van der Waals surface area contributed by atoms with Gasteiger partial charge in [0.15, 0.2) is 0 Å². The Morgan fingerprint density at radius 2 is 0.812 bits per heavy atom. The molecule has 0 bridgehead atoms. The molecule has 0 aliphatic carbocycles. The molecule has 69 heavy (non-hydrogen) atoms. The molecule has 6 aromatic rings. The van der Waals surface area contributed by atoms with Gasteiger partial charge in [0.25, 0.3) is 20.2 Å². The normalized spacial score (nSPS) is 12.1. The Labute approximate surface area is 407 Å². The third kappa shape index (κ3) is 23.7.